The summed E-state index contributed by atoms with van der Waals surface area (Å²) in [5.74, 6) is -0.181. The summed E-state index contributed by atoms with van der Waals surface area (Å²) in [7, 11) is 0. The highest BCUT2D eigenvalue weighted by atomic mass is 32.2. The molecule has 0 heterocycles. The highest BCUT2D eigenvalue weighted by molar-refractivity contribution is 7.99. The van der Waals surface area contributed by atoms with E-state index in [1.807, 2.05) is 13.2 Å². The fourth-order valence-electron chi connectivity index (χ4n) is 0.886. The van der Waals surface area contributed by atoms with Crippen LogP contribution in [0, 0.1) is 0 Å². The quantitative estimate of drug-likeness (QED) is 0.570. The molecule has 5 heteroatoms. The van der Waals surface area contributed by atoms with Crippen LogP contribution in [0.3, 0.4) is 0 Å². The minimum absolute atomic E-state index is 0.0303. The van der Waals surface area contributed by atoms with Gasteiger partial charge in [0.15, 0.2) is 0 Å². The number of carbonyl (C=O) groups excluding carboxylic acids is 1. The van der Waals surface area contributed by atoms with Crippen LogP contribution in [-0.4, -0.2) is 41.2 Å². The molecule has 13 heavy (non-hydrogen) atoms. The number of nitrogens with two attached hydrogens (primary N) is 1. The van der Waals surface area contributed by atoms with E-state index in [-0.39, 0.29) is 23.8 Å². The molecule has 3 atom stereocenters. The first-order chi connectivity index (χ1) is 6.02. The van der Waals surface area contributed by atoms with Crippen molar-refractivity contribution in [2.75, 3.05) is 12.9 Å². The zero-order valence-electron chi connectivity index (χ0n) is 8.28. The van der Waals surface area contributed by atoms with E-state index >= 15 is 0 Å². The Balaban J connectivity index is 3.97. The number of carbonyl (C=O) groups is 1. The molecule has 0 aromatic carbocycles. The number of nitrogens with one attached hydrogen (secondary N) is 1. The number of thioether (sulfide) groups is 1. The molecule has 2 unspecified atom stereocenters. The normalized spacial score (nSPS) is 17.6. The second-order valence-corrected chi connectivity index (χ2v) is 4.12. The van der Waals surface area contributed by atoms with Gasteiger partial charge >= 0.3 is 0 Å². The molecule has 0 fully saturated rings. The van der Waals surface area contributed by atoms with Gasteiger partial charge in [-0.25, -0.2) is 0 Å². The van der Waals surface area contributed by atoms with Gasteiger partial charge in [0.25, 0.3) is 0 Å². The molecular formula is C8H18N2O2S. The summed E-state index contributed by atoms with van der Waals surface area (Å²) < 4.78 is 0. The molecule has 1 amide bonds. The zero-order valence-corrected chi connectivity index (χ0v) is 9.10. The van der Waals surface area contributed by atoms with E-state index in [0.29, 0.717) is 0 Å². The molecule has 0 aromatic rings. The Labute approximate surface area is 83.3 Å². The average molecular weight is 206 g/mol. The van der Waals surface area contributed by atoms with Gasteiger partial charge in [-0.3, -0.25) is 4.79 Å². The Morgan fingerprint density at radius 1 is 1.62 bits per heavy atom. The summed E-state index contributed by atoms with van der Waals surface area (Å²) >= 11 is 1.53. The van der Waals surface area contributed by atoms with Gasteiger partial charge in [-0.1, -0.05) is 0 Å². The van der Waals surface area contributed by atoms with Crippen LogP contribution in [0.1, 0.15) is 13.8 Å². The van der Waals surface area contributed by atoms with E-state index in [2.05, 4.69) is 5.32 Å². The Bertz CT molecular complexity index is 160. The van der Waals surface area contributed by atoms with Crippen LogP contribution in [0.25, 0.3) is 0 Å². The number of amides is 1. The van der Waals surface area contributed by atoms with Gasteiger partial charge in [-0.2, -0.15) is 11.8 Å². The summed E-state index contributed by atoms with van der Waals surface area (Å²) in [5.41, 5.74) is 5.39. The van der Waals surface area contributed by atoms with Crippen molar-refractivity contribution in [3.8, 4) is 0 Å². The van der Waals surface area contributed by atoms with Gasteiger partial charge in [0.1, 0.15) is 0 Å². The third kappa shape index (κ3) is 4.50. The van der Waals surface area contributed by atoms with Crippen molar-refractivity contribution in [2.45, 2.75) is 31.2 Å². The lowest BCUT2D eigenvalue weighted by Crippen LogP contribution is -2.47. The van der Waals surface area contributed by atoms with Crippen molar-refractivity contribution in [3.63, 3.8) is 0 Å². The summed E-state index contributed by atoms with van der Waals surface area (Å²) in [6, 6.07) is -0.554. The molecule has 0 saturated carbocycles. The minimum Gasteiger partial charge on any atom is -0.395 e. The summed E-state index contributed by atoms with van der Waals surface area (Å²) in [6.45, 7) is 3.55. The van der Waals surface area contributed by atoms with Gasteiger partial charge in [-0.05, 0) is 20.1 Å². The monoisotopic (exact) mass is 206 g/mol. The first-order valence-electron chi connectivity index (χ1n) is 4.22. The second kappa shape index (κ2) is 6.23. The van der Waals surface area contributed by atoms with Crippen molar-refractivity contribution in [3.05, 3.63) is 0 Å². The third-order valence-corrected chi connectivity index (χ3v) is 2.99. The number of rotatable bonds is 5. The van der Waals surface area contributed by atoms with Crippen LogP contribution >= 0.6 is 11.8 Å². The maximum Gasteiger partial charge on any atom is 0.236 e. The third-order valence-electron chi connectivity index (χ3n) is 1.82. The van der Waals surface area contributed by atoms with E-state index in [1.54, 1.807) is 6.92 Å². The molecule has 0 rings (SSSR count). The predicted octanol–water partition coefficient (Wildman–Crippen LogP) is -0.438. The van der Waals surface area contributed by atoms with Crippen LogP contribution in [0.5, 0.6) is 0 Å². The molecule has 0 aliphatic rings. The average Bonchev–Trinajstić information content (AvgIpc) is 2.06. The zero-order chi connectivity index (χ0) is 10.4. The molecule has 0 spiro atoms. The highest BCUT2D eigenvalue weighted by Gasteiger charge is 2.18. The second-order valence-electron chi connectivity index (χ2n) is 3.04. The Morgan fingerprint density at radius 2 is 2.15 bits per heavy atom. The van der Waals surface area contributed by atoms with Crippen LogP contribution in [0.2, 0.25) is 0 Å². The van der Waals surface area contributed by atoms with E-state index in [1.165, 1.54) is 11.8 Å². The maximum absolute atomic E-state index is 11.2. The van der Waals surface area contributed by atoms with E-state index in [4.69, 9.17) is 10.8 Å². The fourth-order valence-corrected chi connectivity index (χ4v) is 1.51. The smallest absolute Gasteiger partial charge is 0.236 e. The lowest BCUT2D eigenvalue weighted by atomic mass is 10.2. The van der Waals surface area contributed by atoms with Crippen molar-refractivity contribution in [1.29, 1.82) is 0 Å². The van der Waals surface area contributed by atoms with Gasteiger partial charge in [-0.15, -0.1) is 0 Å². The maximum atomic E-state index is 11.2. The molecule has 0 aliphatic carbocycles. The molecule has 4 N–H and O–H groups in total. The summed E-state index contributed by atoms with van der Waals surface area (Å²) in [4.78, 5) is 11.2. The van der Waals surface area contributed by atoms with Gasteiger partial charge in [0.2, 0.25) is 5.91 Å². The SMILES string of the molecule is CSC(CO)C(C)NC(=O)[C@@H](C)N. The summed E-state index contributed by atoms with van der Waals surface area (Å²) in [5, 5.41) is 11.7. The highest BCUT2D eigenvalue weighted by Crippen LogP contribution is 2.09. The topological polar surface area (TPSA) is 75.3 Å². The van der Waals surface area contributed by atoms with Crippen LogP contribution < -0.4 is 11.1 Å². The number of hydrogen-bond donors (Lipinski definition) is 3. The summed E-state index contributed by atoms with van der Waals surface area (Å²) in [6.07, 6.45) is 1.90. The lowest BCUT2D eigenvalue weighted by molar-refractivity contribution is -0.122. The molecular weight excluding hydrogens is 188 g/mol. The first kappa shape index (κ1) is 12.7. The fraction of sp³-hybridized carbons (Fsp3) is 0.875. The van der Waals surface area contributed by atoms with E-state index in [0.717, 1.165) is 0 Å². The molecule has 0 radical (unpaired) electrons. The van der Waals surface area contributed by atoms with Crippen LogP contribution in [0.4, 0.5) is 0 Å². The predicted molar refractivity (Wildman–Crippen MR) is 55.6 cm³/mol. The number of hydrogen-bond acceptors (Lipinski definition) is 4. The first-order valence-corrected chi connectivity index (χ1v) is 5.51. The minimum atomic E-state index is -0.497. The van der Waals surface area contributed by atoms with Gasteiger partial charge in [0.05, 0.1) is 12.6 Å². The van der Waals surface area contributed by atoms with E-state index in [9.17, 15) is 4.79 Å². The Morgan fingerprint density at radius 3 is 2.46 bits per heavy atom. The van der Waals surface area contributed by atoms with Gasteiger partial charge < -0.3 is 16.2 Å². The molecule has 0 aliphatic heterocycles. The number of aliphatic hydroxyl groups excluding tert-OH is 1. The largest absolute Gasteiger partial charge is 0.395 e. The van der Waals surface area contributed by atoms with Crippen LogP contribution in [0.15, 0.2) is 0 Å². The molecule has 0 bridgehead atoms. The Kier molecular flexibility index (Phi) is 6.11. The van der Waals surface area contributed by atoms with Crippen molar-refractivity contribution < 1.29 is 9.90 Å². The van der Waals surface area contributed by atoms with Crippen molar-refractivity contribution in [1.82, 2.24) is 5.32 Å². The number of aliphatic hydroxyl groups is 1. The molecule has 0 aromatic heterocycles. The molecule has 4 nitrogen and oxygen atoms in total. The molecule has 78 valence electrons. The standard InChI is InChI=1S/C8H18N2O2S/c1-5(9)8(12)10-6(2)7(4-11)13-3/h5-7,11H,4,9H2,1-3H3,(H,10,12)/t5-,6?,7?/m1/s1. The lowest BCUT2D eigenvalue weighted by Gasteiger charge is -2.22. The Hall–Kier alpha value is -0.260. The molecule has 0 saturated heterocycles. The van der Waals surface area contributed by atoms with Gasteiger partial charge in [0, 0.05) is 11.3 Å². The van der Waals surface area contributed by atoms with Crippen molar-refractivity contribution in [2.24, 2.45) is 5.73 Å². The van der Waals surface area contributed by atoms with E-state index < -0.39 is 6.04 Å². The van der Waals surface area contributed by atoms with Crippen molar-refractivity contribution >= 4 is 17.7 Å². The van der Waals surface area contributed by atoms with Crippen LogP contribution in [-0.2, 0) is 4.79 Å².